The molecule has 2 rings (SSSR count). The number of hydrogen-bond donors (Lipinski definition) is 2. The topological polar surface area (TPSA) is 106 Å². The molecule has 124 valence electrons. The maximum Gasteiger partial charge on any atom is 0.413 e. The summed E-state index contributed by atoms with van der Waals surface area (Å²) in [5.74, 6) is -1.07. The number of nitrogens with one attached hydrogen (secondary N) is 1. The predicted molar refractivity (Wildman–Crippen MR) is 85.9 cm³/mol. The molecule has 2 aromatic rings. The van der Waals surface area contributed by atoms with Crippen LogP contribution in [0.1, 0.15) is 36.8 Å². The van der Waals surface area contributed by atoms with Crippen molar-refractivity contribution in [1.29, 1.82) is 0 Å². The van der Waals surface area contributed by atoms with Gasteiger partial charge in [0.1, 0.15) is 11.2 Å². The molecule has 9 heteroatoms. The second-order valence-electron chi connectivity index (χ2n) is 5.90. The van der Waals surface area contributed by atoms with Gasteiger partial charge in [0.2, 0.25) is 0 Å². The minimum atomic E-state index is -1.07. The number of nitrogens with zero attached hydrogens (tertiary/aromatic N) is 3. The lowest BCUT2D eigenvalue weighted by atomic mass is 10.2. The Kier molecular flexibility index (Phi) is 4.42. The zero-order chi connectivity index (χ0) is 17.4. The van der Waals surface area contributed by atoms with Gasteiger partial charge in [-0.25, -0.2) is 14.6 Å². The number of aryl methyl sites for hydroxylation is 2. The van der Waals surface area contributed by atoms with Crippen LogP contribution in [-0.4, -0.2) is 37.5 Å². The number of amides is 1. The molecule has 8 nitrogen and oxygen atoms in total. The summed E-state index contributed by atoms with van der Waals surface area (Å²) >= 11 is 1.17. The molecule has 0 saturated heterocycles. The third kappa shape index (κ3) is 3.86. The Labute approximate surface area is 137 Å². The van der Waals surface area contributed by atoms with E-state index in [1.54, 1.807) is 34.7 Å². The zero-order valence-electron chi connectivity index (χ0n) is 13.5. The lowest BCUT2D eigenvalue weighted by Gasteiger charge is -2.18. The van der Waals surface area contributed by atoms with E-state index in [0.717, 1.165) is 0 Å². The van der Waals surface area contributed by atoms with Gasteiger partial charge < -0.3 is 9.84 Å². The number of anilines is 1. The summed E-state index contributed by atoms with van der Waals surface area (Å²) < 4.78 is 6.65. The first-order chi connectivity index (χ1) is 10.6. The average Bonchev–Trinajstić information content (AvgIpc) is 2.90. The van der Waals surface area contributed by atoms with Gasteiger partial charge in [0.25, 0.3) is 0 Å². The quantitative estimate of drug-likeness (QED) is 0.891. The second kappa shape index (κ2) is 5.99. The highest BCUT2D eigenvalue weighted by Crippen LogP contribution is 2.34. The molecule has 2 heterocycles. The number of ether oxygens (including phenoxy) is 1. The molecule has 0 aromatic carbocycles. The van der Waals surface area contributed by atoms with E-state index in [9.17, 15) is 14.7 Å². The highest BCUT2D eigenvalue weighted by molar-refractivity contribution is 7.19. The molecule has 23 heavy (non-hydrogen) atoms. The van der Waals surface area contributed by atoms with E-state index in [4.69, 9.17) is 4.74 Å². The van der Waals surface area contributed by atoms with Gasteiger partial charge >= 0.3 is 12.1 Å². The van der Waals surface area contributed by atoms with Crippen LogP contribution >= 0.6 is 11.3 Å². The summed E-state index contributed by atoms with van der Waals surface area (Å²) in [4.78, 5) is 28.0. The molecule has 0 unspecified atom stereocenters. The first-order valence-electron chi connectivity index (χ1n) is 6.81. The molecular weight excluding hydrogens is 320 g/mol. The maximum absolute atomic E-state index is 11.8. The van der Waals surface area contributed by atoms with Crippen LogP contribution < -0.4 is 5.32 Å². The van der Waals surface area contributed by atoms with E-state index in [-0.39, 0.29) is 5.56 Å². The van der Waals surface area contributed by atoms with Crippen molar-refractivity contribution in [3.63, 3.8) is 0 Å². The number of aromatic carboxylic acids is 1. The van der Waals surface area contributed by atoms with E-state index < -0.39 is 17.7 Å². The number of carbonyl (C=O) groups excluding carboxylic acids is 1. The van der Waals surface area contributed by atoms with Crippen LogP contribution in [0.4, 0.5) is 9.93 Å². The van der Waals surface area contributed by atoms with Crippen LogP contribution in [0.5, 0.6) is 0 Å². The van der Waals surface area contributed by atoms with E-state index in [0.29, 0.717) is 21.4 Å². The second-order valence-corrected chi connectivity index (χ2v) is 6.90. The summed E-state index contributed by atoms with van der Waals surface area (Å²) in [6.07, 6.45) is 0.680. The summed E-state index contributed by atoms with van der Waals surface area (Å²) in [7, 11) is 1.65. The summed E-state index contributed by atoms with van der Waals surface area (Å²) in [5, 5.41) is 16.1. The highest BCUT2D eigenvalue weighted by Gasteiger charge is 2.23. The Balaban J connectivity index is 2.31. The van der Waals surface area contributed by atoms with Crippen LogP contribution in [-0.2, 0) is 11.8 Å². The molecule has 0 radical (unpaired) electrons. The van der Waals surface area contributed by atoms with Crippen molar-refractivity contribution in [2.45, 2.75) is 33.3 Å². The lowest BCUT2D eigenvalue weighted by Crippen LogP contribution is -2.27. The fourth-order valence-electron chi connectivity index (χ4n) is 1.92. The predicted octanol–water partition coefficient (Wildman–Crippen LogP) is 2.90. The monoisotopic (exact) mass is 338 g/mol. The lowest BCUT2D eigenvalue weighted by molar-refractivity contribution is 0.0634. The van der Waals surface area contributed by atoms with Gasteiger partial charge in [-0.15, -0.1) is 0 Å². The van der Waals surface area contributed by atoms with Crippen molar-refractivity contribution in [3.8, 4) is 10.6 Å². The maximum atomic E-state index is 11.8. The van der Waals surface area contributed by atoms with Gasteiger partial charge in [-0.1, -0.05) is 11.3 Å². The number of hydrogen-bond acceptors (Lipinski definition) is 6. The van der Waals surface area contributed by atoms with Gasteiger partial charge in [-0.05, 0) is 27.7 Å². The molecule has 0 spiro atoms. The molecule has 0 atom stereocenters. The summed E-state index contributed by atoms with van der Waals surface area (Å²) in [6.45, 7) is 7.03. The third-order valence-corrected chi connectivity index (χ3v) is 3.87. The first-order valence-corrected chi connectivity index (χ1v) is 7.63. The smallest absolute Gasteiger partial charge is 0.413 e. The molecule has 1 amide bonds. The van der Waals surface area contributed by atoms with Crippen LogP contribution in [0.2, 0.25) is 0 Å². The van der Waals surface area contributed by atoms with Crippen molar-refractivity contribution in [3.05, 3.63) is 17.5 Å². The molecule has 0 bridgehead atoms. The standard InChI is InChI=1S/C14H18N4O4S/c1-7-10(9-8(11(19)20)6-15-18(9)5)23-12(16-7)17-13(21)22-14(2,3)4/h6H,1-5H3,(H,19,20)(H,16,17,21). The van der Waals surface area contributed by atoms with E-state index >= 15 is 0 Å². The van der Waals surface area contributed by atoms with Gasteiger partial charge in [0.05, 0.1) is 22.5 Å². The molecule has 0 saturated carbocycles. The Morgan fingerprint density at radius 3 is 2.61 bits per heavy atom. The minimum absolute atomic E-state index is 0.0862. The number of aromatic nitrogens is 3. The van der Waals surface area contributed by atoms with E-state index in [1.165, 1.54) is 22.2 Å². The number of rotatable bonds is 3. The fourth-order valence-corrected chi connectivity index (χ4v) is 2.97. The minimum Gasteiger partial charge on any atom is -0.478 e. The highest BCUT2D eigenvalue weighted by atomic mass is 32.1. The Bertz CT molecular complexity index is 757. The SMILES string of the molecule is Cc1nc(NC(=O)OC(C)(C)C)sc1-c1c(C(=O)O)cnn1C. The normalized spacial score (nSPS) is 11.3. The summed E-state index contributed by atoms with van der Waals surface area (Å²) in [6, 6.07) is 0. The average molecular weight is 338 g/mol. The molecule has 0 aliphatic carbocycles. The zero-order valence-corrected chi connectivity index (χ0v) is 14.3. The molecule has 0 fully saturated rings. The Morgan fingerprint density at radius 1 is 1.39 bits per heavy atom. The van der Waals surface area contributed by atoms with Crippen LogP contribution in [0.15, 0.2) is 6.20 Å². The Morgan fingerprint density at radius 2 is 2.04 bits per heavy atom. The van der Waals surface area contributed by atoms with Crippen molar-refractivity contribution >= 4 is 28.5 Å². The largest absolute Gasteiger partial charge is 0.478 e. The van der Waals surface area contributed by atoms with E-state index in [1.807, 2.05) is 0 Å². The number of carboxylic acid groups (broad SMARTS) is 1. The van der Waals surface area contributed by atoms with Crippen molar-refractivity contribution in [2.75, 3.05) is 5.32 Å². The molecule has 2 aromatic heterocycles. The molecular formula is C14H18N4O4S. The number of thiazole rings is 1. The van der Waals surface area contributed by atoms with Crippen LogP contribution in [0.3, 0.4) is 0 Å². The van der Waals surface area contributed by atoms with Gasteiger partial charge in [-0.3, -0.25) is 10.00 Å². The van der Waals surface area contributed by atoms with Gasteiger partial charge in [0, 0.05) is 7.05 Å². The molecule has 0 aliphatic rings. The van der Waals surface area contributed by atoms with Gasteiger partial charge in [-0.2, -0.15) is 5.10 Å². The first kappa shape index (κ1) is 16.9. The summed E-state index contributed by atoms with van der Waals surface area (Å²) in [5.41, 5.74) is 0.525. The van der Waals surface area contributed by atoms with Crippen molar-refractivity contribution in [2.24, 2.45) is 7.05 Å². The molecule has 2 N–H and O–H groups in total. The van der Waals surface area contributed by atoms with Gasteiger partial charge in [0.15, 0.2) is 5.13 Å². The van der Waals surface area contributed by atoms with E-state index in [2.05, 4.69) is 15.4 Å². The van der Waals surface area contributed by atoms with Crippen LogP contribution in [0, 0.1) is 6.92 Å². The Hall–Kier alpha value is -2.42. The number of carboxylic acids is 1. The number of carbonyl (C=O) groups is 2. The van der Waals surface area contributed by atoms with Crippen LogP contribution in [0.25, 0.3) is 10.6 Å². The van der Waals surface area contributed by atoms with Crippen molar-refractivity contribution in [1.82, 2.24) is 14.8 Å². The fraction of sp³-hybridized carbons (Fsp3) is 0.429. The van der Waals surface area contributed by atoms with Crippen molar-refractivity contribution < 1.29 is 19.4 Å². The molecule has 0 aliphatic heterocycles. The third-order valence-electron chi connectivity index (χ3n) is 2.79.